The molecule has 0 amide bonds. The highest BCUT2D eigenvalue weighted by Crippen LogP contribution is 2.33. The minimum Gasteiger partial charge on any atom is -0.348 e. The number of hydrogen-bond acceptors (Lipinski definition) is 4. The van der Waals surface area contributed by atoms with Crippen molar-refractivity contribution >= 4 is 27.4 Å². The largest absolute Gasteiger partial charge is 0.348 e. The summed E-state index contributed by atoms with van der Waals surface area (Å²) in [5, 5.41) is 11.1. The summed E-state index contributed by atoms with van der Waals surface area (Å²) in [6.45, 7) is 5.15. The molecular weight excluding hydrogens is 298 g/mol. The number of piperidine rings is 1. The maximum atomic E-state index is 11.1. The van der Waals surface area contributed by atoms with E-state index in [1.807, 2.05) is 4.90 Å². The Hall–Kier alpha value is -1.17. The fourth-order valence-electron chi connectivity index (χ4n) is 2.50. The molecule has 1 aliphatic heterocycles. The van der Waals surface area contributed by atoms with Crippen LogP contribution in [-0.2, 0) is 0 Å². The van der Waals surface area contributed by atoms with E-state index in [0.29, 0.717) is 22.3 Å². The molecule has 0 aliphatic carbocycles. The van der Waals surface area contributed by atoms with Gasteiger partial charge in [0.05, 0.1) is 4.92 Å². The average Bonchev–Trinajstić information content (AvgIpc) is 2.29. The molecule has 2 rings (SSSR count). The van der Waals surface area contributed by atoms with Crippen LogP contribution in [0.2, 0.25) is 0 Å². The van der Waals surface area contributed by atoms with Gasteiger partial charge in [0.1, 0.15) is 0 Å². The Labute approximate surface area is 114 Å². The summed E-state index contributed by atoms with van der Waals surface area (Å²) in [7, 11) is 0. The minimum absolute atomic E-state index is 0.0748. The third-order valence-corrected chi connectivity index (χ3v) is 3.85. The van der Waals surface area contributed by atoms with Gasteiger partial charge in [0.25, 0.3) is 0 Å². The third kappa shape index (κ3) is 2.63. The van der Waals surface area contributed by atoms with Crippen molar-refractivity contribution in [3.8, 4) is 0 Å². The van der Waals surface area contributed by atoms with E-state index in [-0.39, 0.29) is 10.6 Å². The van der Waals surface area contributed by atoms with E-state index < -0.39 is 0 Å². The van der Waals surface area contributed by atoms with Gasteiger partial charge in [0.15, 0.2) is 0 Å². The molecule has 2 atom stereocenters. The van der Waals surface area contributed by atoms with E-state index >= 15 is 0 Å². The zero-order valence-corrected chi connectivity index (χ0v) is 12.1. The average molecular weight is 314 g/mol. The van der Waals surface area contributed by atoms with Crippen molar-refractivity contribution in [1.29, 1.82) is 0 Å². The zero-order chi connectivity index (χ0) is 13.3. The summed E-state index contributed by atoms with van der Waals surface area (Å²) in [5.41, 5.74) is 0.0748. The van der Waals surface area contributed by atoms with E-state index in [0.717, 1.165) is 19.4 Å². The van der Waals surface area contributed by atoms with E-state index in [9.17, 15) is 10.1 Å². The molecule has 1 aliphatic rings. The number of rotatable bonds is 2. The third-order valence-electron chi connectivity index (χ3n) is 3.42. The van der Waals surface area contributed by atoms with Crippen LogP contribution in [0.5, 0.6) is 0 Å². The van der Waals surface area contributed by atoms with E-state index in [1.165, 1.54) is 6.07 Å². The second-order valence-corrected chi connectivity index (χ2v) is 5.84. The molecule has 98 valence electrons. The number of nitrogens with zero attached hydrogens (tertiary/aromatic N) is 3. The van der Waals surface area contributed by atoms with Gasteiger partial charge in [0.2, 0.25) is 5.82 Å². The molecule has 1 aromatic rings. The monoisotopic (exact) mass is 313 g/mol. The van der Waals surface area contributed by atoms with Crippen molar-refractivity contribution in [2.24, 2.45) is 5.92 Å². The zero-order valence-electron chi connectivity index (χ0n) is 10.5. The maximum Gasteiger partial charge on any atom is 0.312 e. The second-order valence-electron chi connectivity index (χ2n) is 4.93. The highest BCUT2D eigenvalue weighted by Gasteiger charge is 2.29. The van der Waals surface area contributed by atoms with Crippen LogP contribution in [0.15, 0.2) is 16.7 Å². The molecule has 1 saturated heterocycles. The molecule has 18 heavy (non-hydrogen) atoms. The van der Waals surface area contributed by atoms with E-state index in [2.05, 4.69) is 34.8 Å². The number of aromatic nitrogens is 1. The Balaban J connectivity index is 2.35. The topological polar surface area (TPSA) is 59.3 Å². The molecule has 2 unspecified atom stereocenters. The predicted octanol–water partition coefficient (Wildman–Crippen LogP) is 3.38. The second kappa shape index (κ2) is 5.22. The Morgan fingerprint density at radius 3 is 2.89 bits per heavy atom. The highest BCUT2D eigenvalue weighted by molar-refractivity contribution is 9.10. The first kappa shape index (κ1) is 13.3. The normalized spacial score (nSPS) is 24.1. The van der Waals surface area contributed by atoms with Gasteiger partial charge in [-0.3, -0.25) is 10.1 Å². The first-order valence-corrected chi connectivity index (χ1v) is 6.85. The minimum atomic E-state index is -0.363. The maximum absolute atomic E-state index is 11.1. The van der Waals surface area contributed by atoms with Crippen LogP contribution < -0.4 is 4.90 Å². The molecule has 0 N–H and O–H groups in total. The number of pyridine rings is 1. The Morgan fingerprint density at radius 2 is 2.28 bits per heavy atom. The van der Waals surface area contributed by atoms with Gasteiger partial charge in [-0.2, -0.15) is 0 Å². The molecular formula is C12H16BrN3O2. The van der Waals surface area contributed by atoms with Crippen LogP contribution in [0.25, 0.3) is 0 Å². The SMILES string of the molecule is CC1CCN(c2ncc(Br)cc2[N+](=O)[O-])C(C)C1. The first-order valence-electron chi connectivity index (χ1n) is 6.05. The lowest BCUT2D eigenvalue weighted by atomic mass is 9.93. The summed E-state index contributed by atoms with van der Waals surface area (Å²) in [4.78, 5) is 17.0. The summed E-state index contributed by atoms with van der Waals surface area (Å²) in [6, 6.07) is 1.81. The molecule has 0 spiro atoms. The van der Waals surface area contributed by atoms with Crippen LogP contribution >= 0.6 is 15.9 Å². The molecule has 1 fully saturated rings. The van der Waals surface area contributed by atoms with Gasteiger partial charge >= 0.3 is 5.69 Å². The smallest absolute Gasteiger partial charge is 0.312 e. The number of halogens is 1. The van der Waals surface area contributed by atoms with Crippen LogP contribution in [-0.4, -0.2) is 22.5 Å². The number of nitro groups is 1. The van der Waals surface area contributed by atoms with Gasteiger partial charge in [-0.15, -0.1) is 0 Å². The quantitative estimate of drug-likeness (QED) is 0.620. The Kier molecular flexibility index (Phi) is 3.85. The van der Waals surface area contributed by atoms with Crippen LogP contribution in [0, 0.1) is 16.0 Å². The molecule has 0 saturated carbocycles. The molecule has 5 nitrogen and oxygen atoms in total. The highest BCUT2D eigenvalue weighted by atomic mass is 79.9. The van der Waals surface area contributed by atoms with Crippen molar-refractivity contribution in [3.63, 3.8) is 0 Å². The van der Waals surface area contributed by atoms with Crippen LogP contribution in [0.4, 0.5) is 11.5 Å². The van der Waals surface area contributed by atoms with Gasteiger partial charge in [0, 0.05) is 29.3 Å². The van der Waals surface area contributed by atoms with Crippen LogP contribution in [0.3, 0.4) is 0 Å². The van der Waals surface area contributed by atoms with E-state index in [1.54, 1.807) is 6.20 Å². The molecule has 0 radical (unpaired) electrons. The molecule has 0 aromatic carbocycles. The Morgan fingerprint density at radius 1 is 1.56 bits per heavy atom. The summed E-state index contributed by atoms with van der Waals surface area (Å²) < 4.78 is 0.635. The lowest BCUT2D eigenvalue weighted by Gasteiger charge is -2.36. The van der Waals surface area contributed by atoms with Crippen molar-refractivity contribution in [2.45, 2.75) is 32.7 Å². The van der Waals surface area contributed by atoms with Crippen molar-refractivity contribution in [3.05, 3.63) is 26.9 Å². The number of anilines is 1. The van der Waals surface area contributed by atoms with Crippen LogP contribution in [0.1, 0.15) is 26.7 Å². The van der Waals surface area contributed by atoms with Gasteiger partial charge in [-0.05, 0) is 41.6 Å². The van der Waals surface area contributed by atoms with Crippen molar-refractivity contribution in [1.82, 2.24) is 4.98 Å². The summed E-state index contributed by atoms with van der Waals surface area (Å²) in [5.74, 6) is 1.16. The first-order chi connectivity index (χ1) is 8.49. The summed E-state index contributed by atoms with van der Waals surface area (Å²) in [6.07, 6.45) is 3.72. The van der Waals surface area contributed by atoms with Gasteiger partial charge < -0.3 is 4.90 Å². The Bertz CT molecular complexity index is 467. The predicted molar refractivity (Wildman–Crippen MR) is 73.8 cm³/mol. The lowest BCUT2D eigenvalue weighted by Crippen LogP contribution is -2.41. The lowest BCUT2D eigenvalue weighted by molar-refractivity contribution is -0.384. The number of hydrogen-bond donors (Lipinski definition) is 0. The molecule has 0 bridgehead atoms. The molecule has 6 heteroatoms. The van der Waals surface area contributed by atoms with Crippen molar-refractivity contribution < 1.29 is 4.92 Å². The van der Waals surface area contributed by atoms with Crippen molar-refractivity contribution in [2.75, 3.05) is 11.4 Å². The van der Waals surface area contributed by atoms with Gasteiger partial charge in [-0.1, -0.05) is 6.92 Å². The summed E-state index contributed by atoms with van der Waals surface area (Å²) >= 11 is 3.23. The fraction of sp³-hybridized carbons (Fsp3) is 0.583. The standard InChI is InChI=1S/C12H16BrN3O2/c1-8-3-4-15(9(2)5-8)12-11(16(17)18)6-10(13)7-14-12/h6-9H,3-5H2,1-2H3. The fourth-order valence-corrected chi connectivity index (χ4v) is 2.82. The molecule has 1 aromatic heterocycles. The molecule has 2 heterocycles. The van der Waals surface area contributed by atoms with Gasteiger partial charge in [-0.25, -0.2) is 4.98 Å². The van der Waals surface area contributed by atoms with E-state index in [4.69, 9.17) is 0 Å².